The van der Waals surface area contributed by atoms with Gasteiger partial charge in [0.2, 0.25) is 0 Å². The molecule has 20 heavy (non-hydrogen) atoms. The van der Waals surface area contributed by atoms with E-state index in [1.807, 2.05) is 24.4 Å². The summed E-state index contributed by atoms with van der Waals surface area (Å²) in [6, 6.07) is 8.85. The van der Waals surface area contributed by atoms with E-state index >= 15 is 0 Å². The minimum Gasteiger partial charge on any atom is -0.478 e. The lowest BCUT2D eigenvalue weighted by molar-refractivity contribution is 0.0695. The van der Waals surface area contributed by atoms with Crippen LogP contribution in [0.3, 0.4) is 0 Å². The van der Waals surface area contributed by atoms with Gasteiger partial charge in [-0.2, -0.15) is 5.10 Å². The lowest BCUT2D eigenvalue weighted by Gasteiger charge is -2.04. The summed E-state index contributed by atoms with van der Waals surface area (Å²) < 4.78 is 2.24. The highest BCUT2D eigenvalue weighted by molar-refractivity contribution is 9.10. The molecule has 5 nitrogen and oxygen atoms in total. The Morgan fingerprint density at radius 2 is 2.15 bits per heavy atom. The van der Waals surface area contributed by atoms with Crippen molar-refractivity contribution >= 4 is 39.3 Å². The topological polar surface area (TPSA) is 67.5 Å². The van der Waals surface area contributed by atoms with Gasteiger partial charge in [-0.05, 0) is 40.2 Å². The maximum atomic E-state index is 11.1. The molecule has 0 aliphatic carbocycles. The van der Waals surface area contributed by atoms with Gasteiger partial charge in [-0.3, -0.25) is 0 Å². The third kappa shape index (κ3) is 2.54. The van der Waals surface area contributed by atoms with Crippen LogP contribution in [0.1, 0.15) is 10.4 Å². The monoisotopic (exact) mass is 349 g/mol. The molecule has 3 rings (SSSR count). The fourth-order valence-corrected chi connectivity index (χ4v) is 2.94. The normalized spacial score (nSPS) is 10.8. The van der Waals surface area contributed by atoms with Crippen LogP contribution in [0.4, 0.5) is 0 Å². The first-order valence-corrected chi connectivity index (χ1v) is 7.25. The number of hydrogen-bond donors (Lipinski definition) is 1. The van der Waals surface area contributed by atoms with E-state index in [4.69, 9.17) is 5.11 Å². The van der Waals surface area contributed by atoms with Crippen molar-refractivity contribution in [3.05, 3.63) is 52.8 Å². The highest BCUT2D eigenvalue weighted by Crippen LogP contribution is 2.29. The summed E-state index contributed by atoms with van der Waals surface area (Å²) >= 11 is 4.64. The van der Waals surface area contributed by atoms with Crippen molar-refractivity contribution in [1.82, 2.24) is 14.6 Å². The number of carbonyl (C=O) groups is 1. The molecule has 0 spiro atoms. The number of halogens is 1. The van der Waals surface area contributed by atoms with Gasteiger partial charge in [0.05, 0.1) is 11.8 Å². The number of rotatable bonds is 3. The molecule has 0 aliphatic rings. The summed E-state index contributed by atoms with van der Waals surface area (Å²) in [7, 11) is 0. The lowest BCUT2D eigenvalue weighted by Crippen LogP contribution is -1.97. The van der Waals surface area contributed by atoms with Crippen molar-refractivity contribution in [2.24, 2.45) is 0 Å². The lowest BCUT2D eigenvalue weighted by atomic mass is 10.2. The van der Waals surface area contributed by atoms with E-state index < -0.39 is 5.97 Å². The maximum Gasteiger partial charge on any atom is 0.336 e. The smallest absolute Gasteiger partial charge is 0.336 e. The van der Waals surface area contributed by atoms with Crippen LogP contribution in [0.5, 0.6) is 0 Å². The first kappa shape index (κ1) is 13.1. The van der Waals surface area contributed by atoms with Crippen LogP contribution in [-0.2, 0) is 0 Å². The highest BCUT2D eigenvalue weighted by atomic mass is 79.9. The van der Waals surface area contributed by atoms with Crippen LogP contribution in [-0.4, -0.2) is 25.7 Å². The average Bonchev–Trinajstić information content (AvgIpc) is 2.88. The van der Waals surface area contributed by atoms with Gasteiger partial charge in [0.15, 0.2) is 5.65 Å². The van der Waals surface area contributed by atoms with E-state index in [1.165, 1.54) is 11.8 Å². The zero-order valence-corrected chi connectivity index (χ0v) is 12.4. The van der Waals surface area contributed by atoms with Gasteiger partial charge in [-0.1, -0.05) is 11.8 Å². The predicted molar refractivity (Wildman–Crippen MR) is 78.2 cm³/mol. The van der Waals surface area contributed by atoms with E-state index in [9.17, 15) is 4.79 Å². The van der Waals surface area contributed by atoms with Gasteiger partial charge < -0.3 is 5.11 Å². The first-order chi connectivity index (χ1) is 9.63. The number of carboxylic acid groups (broad SMARTS) is 1. The molecule has 0 saturated carbocycles. The molecule has 0 amide bonds. The third-order valence-electron chi connectivity index (χ3n) is 2.62. The Labute approximate surface area is 126 Å². The SMILES string of the molecule is O=C(O)c1cc(Sc2ccn3nccc3n2)ccc1Br. The van der Waals surface area contributed by atoms with Gasteiger partial charge >= 0.3 is 5.97 Å². The van der Waals surface area contributed by atoms with E-state index in [1.54, 1.807) is 22.8 Å². The molecule has 2 heterocycles. The summed E-state index contributed by atoms with van der Waals surface area (Å²) in [6.45, 7) is 0. The summed E-state index contributed by atoms with van der Waals surface area (Å²) in [5, 5.41) is 14.0. The molecule has 7 heteroatoms. The van der Waals surface area contributed by atoms with Crippen LogP contribution in [0.2, 0.25) is 0 Å². The molecule has 0 bridgehead atoms. The fraction of sp³-hybridized carbons (Fsp3) is 0. The van der Waals surface area contributed by atoms with Crippen LogP contribution in [0.25, 0.3) is 5.65 Å². The van der Waals surface area contributed by atoms with Crippen molar-refractivity contribution in [3.63, 3.8) is 0 Å². The predicted octanol–water partition coefficient (Wildman–Crippen LogP) is 3.34. The summed E-state index contributed by atoms with van der Waals surface area (Å²) in [4.78, 5) is 16.4. The molecular formula is C13H8BrN3O2S. The summed E-state index contributed by atoms with van der Waals surface area (Å²) in [5.41, 5.74) is 0.992. The number of benzene rings is 1. The molecule has 0 atom stereocenters. The Morgan fingerprint density at radius 1 is 1.30 bits per heavy atom. The van der Waals surface area contributed by atoms with Crippen LogP contribution < -0.4 is 0 Å². The van der Waals surface area contributed by atoms with Crippen molar-refractivity contribution in [2.75, 3.05) is 0 Å². The maximum absolute atomic E-state index is 11.1. The molecule has 0 fully saturated rings. The Morgan fingerprint density at radius 3 is 2.95 bits per heavy atom. The first-order valence-electron chi connectivity index (χ1n) is 5.64. The summed E-state index contributed by atoms with van der Waals surface area (Å²) in [6.07, 6.45) is 3.50. The summed E-state index contributed by atoms with van der Waals surface area (Å²) in [5.74, 6) is -0.960. The Bertz CT molecular complexity index is 803. The molecule has 0 unspecified atom stereocenters. The van der Waals surface area contributed by atoms with Gasteiger partial charge in [0, 0.05) is 21.6 Å². The molecular weight excluding hydrogens is 342 g/mol. The zero-order chi connectivity index (χ0) is 14.1. The third-order valence-corrected chi connectivity index (χ3v) is 4.24. The van der Waals surface area contributed by atoms with Gasteiger partial charge in [-0.25, -0.2) is 14.3 Å². The van der Waals surface area contributed by atoms with Gasteiger partial charge in [0.25, 0.3) is 0 Å². The Balaban J connectivity index is 1.94. The molecule has 3 aromatic rings. The molecule has 100 valence electrons. The second-order valence-corrected chi connectivity index (χ2v) is 5.90. The number of hydrogen-bond acceptors (Lipinski definition) is 4. The molecule has 1 aromatic carbocycles. The van der Waals surface area contributed by atoms with E-state index in [0.717, 1.165) is 15.6 Å². The van der Waals surface area contributed by atoms with Crippen LogP contribution in [0.15, 0.2) is 57.1 Å². The average molecular weight is 350 g/mol. The van der Waals surface area contributed by atoms with E-state index in [-0.39, 0.29) is 5.56 Å². The second kappa shape index (κ2) is 5.26. The Hall–Kier alpha value is -1.86. The number of aromatic nitrogens is 3. The van der Waals surface area contributed by atoms with Crippen molar-refractivity contribution in [1.29, 1.82) is 0 Å². The number of aromatic carboxylic acids is 1. The van der Waals surface area contributed by atoms with Crippen LogP contribution >= 0.6 is 27.7 Å². The Kier molecular flexibility index (Phi) is 3.45. The second-order valence-electron chi connectivity index (χ2n) is 3.95. The quantitative estimate of drug-likeness (QED) is 0.734. The number of fused-ring (bicyclic) bond motifs is 1. The molecule has 1 N–H and O–H groups in total. The van der Waals surface area contributed by atoms with Crippen molar-refractivity contribution in [3.8, 4) is 0 Å². The highest BCUT2D eigenvalue weighted by Gasteiger charge is 2.10. The van der Waals surface area contributed by atoms with Crippen molar-refractivity contribution in [2.45, 2.75) is 9.92 Å². The number of nitrogens with zero attached hydrogens (tertiary/aromatic N) is 3. The largest absolute Gasteiger partial charge is 0.478 e. The standard InChI is InChI=1S/C13H8BrN3O2S/c14-10-2-1-8(7-9(10)13(18)19)20-12-4-6-17-11(16-12)3-5-15-17/h1-7H,(H,18,19). The minimum absolute atomic E-state index is 0.237. The molecule has 2 aromatic heterocycles. The number of carboxylic acids is 1. The minimum atomic E-state index is -0.960. The van der Waals surface area contributed by atoms with Crippen LogP contribution in [0, 0.1) is 0 Å². The zero-order valence-electron chi connectivity index (χ0n) is 10.0. The van der Waals surface area contributed by atoms with Gasteiger partial charge in [-0.15, -0.1) is 0 Å². The fourth-order valence-electron chi connectivity index (χ4n) is 1.70. The molecule has 0 saturated heterocycles. The van der Waals surface area contributed by atoms with E-state index in [0.29, 0.717) is 4.47 Å². The molecule has 0 aliphatic heterocycles. The van der Waals surface area contributed by atoms with Gasteiger partial charge in [0.1, 0.15) is 5.03 Å². The molecule has 0 radical (unpaired) electrons. The van der Waals surface area contributed by atoms with E-state index in [2.05, 4.69) is 26.0 Å². The van der Waals surface area contributed by atoms with Crippen molar-refractivity contribution < 1.29 is 9.90 Å².